The zero-order valence-electron chi connectivity index (χ0n) is 7.48. The van der Waals surface area contributed by atoms with Crippen LogP contribution in [0.5, 0.6) is 0 Å². The fraction of sp³-hybridized carbons (Fsp3) is 1.00. The van der Waals surface area contributed by atoms with Gasteiger partial charge in [0.1, 0.15) is 0 Å². The Morgan fingerprint density at radius 2 is 1.75 bits per heavy atom. The summed E-state index contributed by atoms with van der Waals surface area (Å²) < 4.78 is 11.0. The van der Waals surface area contributed by atoms with E-state index in [-0.39, 0.29) is 11.5 Å². The summed E-state index contributed by atoms with van der Waals surface area (Å²) in [6.45, 7) is 6.61. The number of halogens is 3. The Bertz CT molecular complexity index is 186. The second kappa shape index (κ2) is 4.70. The van der Waals surface area contributed by atoms with Gasteiger partial charge in [-0.1, -0.05) is 19.6 Å². The zero-order valence-corrected chi connectivity index (χ0v) is 11.6. The second-order valence-corrected chi connectivity index (χ2v) is 15.6. The Kier molecular flexibility index (Phi) is 5.22. The summed E-state index contributed by atoms with van der Waals surface area (Å²) in [6, 6.07) is 0.901. The standard InChI is InChI=1S/C6H14Cl3OPSi/c1-12(2,3)5-6(7)4-11(8,9)10/h6H,4-5H2,1-3H3. The largest absolute Gasteiger partial charge is 0.289 e. The van der Waals surface area contributed by atoms with Crippen molar-refractivity contribution in [3.63, 3.8) is 0 Å². The summed E-state index contributed by atoms with van der Waals surface area (Å²) in [4.78, 5) is 0. The van der Waals surface area contributed by atoms with Crippen LogP contribution in [0.4, 0.5) is 0 Å². The molecule has 0 heterocycles. The highest BCUT2D eigenvalue weighted by atomic mass is 35.9. The second-order valence-electron chi connectivity index (χ2n) is 4.11. The summed E-state index contributed by atoms with van der Waals surface area (Å²) >= 11 is 16.8. The molecule has 0 saturated carbocycles. The van der Waals surface area contributed by atoms with E-state index in [2.05, 4.69) is 19.6 Å². The molecule has 6 heteroatoms. The lowest BCUT2D eigenvalue weighted by Gasteiger charge is -2.19. The van der Waals surface area contributed by atoms with Crippen LogP contribution in [-0.4, -0.2) is 19.6 Å². The first-order valence-electron chi connectivity index (χ1n) is 3.73. The van der Waals surface area contributed by atoms with Gasteiger partial charge in [-0.15, -0.1) is 11.6 Å². The molecule has 0 spiro atoms. The minimum absolute atomic E-state index is 0.141. The molecule has 1 unspecified atom stereocenters. The Morgan fingerprint density at radius 1 is 1.33 bits per heavy atom. The Balaban J connectivity index is 3.91. The molecule has 12 heavy (non-hydrogen) atoms. The third kappa shape index (κ3) is 9.41. The molecule has 0 aromatic carbocycles. The summed E-state index contributed by atoms with van der Waals surface area (Å²) in [5.41, 5.74) is 0. The maximum atomic E-state index is 11.0. The van der Waals surface area contributed by atoms with Gasteiger partial charge in [-0.3, -0.25) is 4.57 Å². The van der Waals surface area contributed by atoms with Gasteiger partial charge in [0.05, 0.1) is 0 Å². The monoisotopic (exact) mass is 266 g/mol. The molecule has 0 saturated heterocycles. The van der Waals surface area contributed by atoms with E-state index in [1.54, 1.807) is 0 Å². The predicted octanol–water partition coefficient (Wildman–Crippen LogP) is 4.60. The first-order valence-corrected chi connectivity index (χ1v) is 11.6. The predicted molar refractivity (Wildman–Crippen MR) is 62.0 cm³/mol. The van der Waals surface area contributed by atoms with Crippen LogP contribution >= 0.6 is 39.9 Å². The third-order valence-corrected chi connectivity index (χ3v) is 5.44. The lowest BCUT2D eigenvalue weighted by atomic mass is 10.5. The molecule has 0 amide bonds. The van der Waals surface area contributed by atoms with Gasteiger partial charge >= 0.3 is 0 Å². The van der Waals surface area contributed by atoms with Crippen LogP contribution in [0.15, 0.2) is 0 Å². The van der Waals surface area contributed by atoms with E-state index in [4.69, 9.17) is 34.1 Å². The van der Waals surface area contributed by atoms with E-state index in [0.29, 0.717) is 0 Å². The smallest absolute Gasteiger partial charge is 0.254 e. The van der Waals surface area contributed by atoms with Crippen molar-refractivity contribution >= 4 is 48.0 Å². The molecular weight excluding hydrogens is 253 g/mol. The van der Waals surface area contributed by atoms with Gasteiger partial charge in [-0.2, -0.15) is 0 Å². The van der Waals surface area contributed by atoms with Crippen molar-refractivity contribution in [3.8, 4) is 0 Å². The lowest BCUT2D eigenvalue weighted by molar-refractivity contribution is 0.592. The maximum Gasteiger partial charge on any atom is 0.254 e. The van der Waals surface area contributed by atoms with E-state index in [9.17, 15) is 4.57 Å². The SMILES string of the molecule is C[Si](C)(C)CC(Cl)CP(=O)(Cl)Cl. The molecule has 1 atom stereocenters. The van der Waals surface area contributed by atoms with Crippen LogP contribution in [0.25, 0.3) is 0 Å². The quantitative estimate of drug-likeness (QED) is 0.413. The van der Waals surface area contributed by atoms with Crippen LogP contribution in [-0.2, 0) is 4.57 Å². The molecule has 74 valence electrons. The minimum Gasteiger partial charge on any atom is -0.289 e. The summed E-state index contributed by atoms with van der Waals surface area (Å²) in [7, 11) is -1.19. The zero-order chi connectivity index (χ0) is 9.99. The first-order chi connectivity index (χ1) is 5.10. The lowest BCUT2D eigenvalue weighted by Crippen LogP contribution is -2.25. The van der Waals surface area contributed by atoms with Gasteiger partial charge in [0, 0.05) is 19.6 Å². The van der Waals surface area contributed by atoms with Gasteiger partial charge in [0.15, 0.2) is 0 Å². The van der Waals surface area contributed by atoms with E-state index >= 15 is 0 Å². The normalized spacial score (nSPS) is 16.2. The molecule has 0 bridgehead atoms. The van der Waals surface area contributed by atoms with E-state index in [1.807, 2.05) is 0 Å². The van der Waals surface area contributed by atoms with Crippen molar-refractivity contribution in [2.75, 3.05) is 6.16 Å². The third-order valence-electron chi connectivity index (χ3n) is 1.24. The van der Waals surface area contributed by atoms with Crippen LogP contribution in [0.2, 0.25) is 25.7 Å². The van der Waals surface area contributed by atoms with E-state index < -0.39 is 13.9 Å². The fourth-order valence-corrected chi connectivity index (χ4v) is 6.66. The average Bonchev–Trinajstić information content (AvgIpc) is 1.49. The number of hydrogen-bond donors (Lipinski definition) is 0. The van der Waals surface area contributed by atoms with Crippen LogP contribution in [0.3, 0.4) is 0 Å². The summed E-state index contributed by atoms with van der Waals surface area (Å²) in [6.07, 6.45) is 0.224. The Morgan fingerprint density at radius 3 is 2.00 bits per heavy atom. The van der Waals surface area contributed by atoms with E-state index in [1.165, 1.54) is 0 Å². The first kappa shape index (κ1) is 13.3. The van der Waals surface area contributed by atoms with Gasteiger partial charge in [-0.05, 0) is 28.5 Å². The molecule has 1 nitrogen and oxygen atoms in total. The minimum atomic E-state index is -2.97. The van der Waals surface area contributed by atoms with Crippen LogP contribution in [0.1, 0.15) is 0 Å². The van der Waals surface area contributed by atoms with Gasteiger partial charge in [-0.25, -0.2) is 0 Å². The van der Waals surface area contributed by atoms with Crippen molar-refractivity contribution in [3.05, 3.63) is 0 Å². The molecule has 0 aliphatic carbocycles. The fourth-order valence-electron chi connectivity index (χ4n) is 0.960. The number of alkyl halides is 1. The van der Waals surface area contributed by atoms with Crippen LogP contribution in [0, 0.1) is 0 Å². The van der Waals surface area contributed by atoms with Gasteiger partial charge in [0.25, 0.3) is 5.85 Å². The Labute approximate surface area is 89.7 Å². The highest BCUT2D eigenvalue weighted by Crippen LogP contribution is 2.57. The van der Waals surface area contributed by atoms with Crippen molar-refractivity contribution in [2.45, 2.75) is 31.1 Å². The number of hydrogen-bond acceptors (Lipinski definition) is 1. The molecule has 0 radical (unpaired) electrons. The molecular formula is C6H14Cl3OPSi. The topological polar surface area (TPSA) is 17.1 Å². The highest BCUT2D eigenvalue weighted by Gasteiger charge is 2.25. The number of rotatable bonds is 4. The summed E-state index contributed by atoms with van der Waals surface area (Å²) in [5.74, 6) is -2.97. The van der Waals surface area contributed by atoms with Crippen molar-refractivity contribution in [1.29, 1.82) is 0 Å². The van der Waals surface area contributed by atoms with Crippen LogP contribution < -0.4 is 0 Å². The van der Waals surface area contributed by atoms with Gasteiger partial charge in [0.2, 0.25) is 0 Å². The van der Waals surface area contributed by atoms with Gasteiger partial charge < -0.3 is 0 Å². The maximum absolute atomic E-state index is 11.0. The van der Waals surface area contributed by atoms with E-state index in [0.717, 1.165) is 6.04 Å². The van der Waals surface area contributed by atoms with Crippen molar-refractivity contribution in [1.82, 2.24) is 0 Å². The molecule has 0 fully saturated rings. The molecule has 0 aromatic rings. The molecule has 0 aliphatic heterocycles. The molecule has 0 aliphatic rings. The molecule has 0 rings (SSSR count). The molecule has 0 N–H and O–H groups in total. The summed E-state index contributed by atoms with van der Waals surface area (Å²) in [5, 5.41) is -0.141. The van der Waals surface area contributed by atoms with Crippen molar-refractivity contribution < 1.29 is 4.57 Å². The Hall–Kier alpha value is 1.32. The molecule has 0 aromatic heterocycles. The average molecular weight is 268 g/mol. The van der Waals surface area contributed by atoms with Crippen molar-refractivity contribution in [2.24, 2.45) is 0 Å². The highest BCUT2D eigenvalue weighted by molar-refractivity contribution is 8.08.